The standard InChI is InChI=1S/C16H12F3N/c17-16(18,19)15-12-8-4-5-9-13(12)20-14(15)10-11-6-2-1-3-7-11/h1-9,20H,10H2. The van der Waals surface area contributed by atoms with Gasteiger partial charge in [0.05, 0.1) is 5.56 Å². The van der Waals surface area contributed by atoms with Crippen molar-refractivity contribution in [3.63, 3.8) is 0 Å². The van der Waals surface area contributed by atoms with Crippen LogP contribution < -0.4 is 0 Å². The number of aromatic nitrogens is 1. The number of hydrogen-bond acceptors (Lipinski definition) is 0. The monoisotopic (exact) mass is 275 g/mol. The molecule has 0 saturated carbocycles. The molecule has 3 aromatic rings. The lowest BCUT2D eigenvalue weighted by Gasteiger charge is -2.09. The fraction of sp³-hybridized carbons (Fsp3) is 0.125. The van der Waals surface area contributed by atoms with Crippen LogP contribution in [0.2, 0.25) is 0 Å². The Hall–Kier alpha value is -2.23. The van der Waals surface area contributed by atoms with Crippen molar-refractivity contribution in [1.29, 1.82) is 0 Å². The summed E-state index contributed by atoms with van der Waals surface area (Å²) in [6.07, 6.45) is -4.12. The summed E-state index contributed by atoms with van der Waals surface area (Å²) in [7, 11) is 0. The molecule has 0 saturated heterocycles. The van der Waals surface area contributed by atoms with Crippen molar-refractivity contribution in [3.05, 3.63) is 71.4 Å². The van der Waals surface area contributed by atoms with Gasteiger partial charge in [0.2, 0.25) is 0 Å². The fourth-order valence-electron chi connectivity index (χ4n) is 2.45. The molecule has 0 aliphatic heterocycles. The zero-order chi connectivity index (χ0) is 14.2. The summed E-state index contributed by atoms with van der Waals surface area (Å²) in [6.45, 7) is 0. The summed E-state index contributed by atoms with van der Waals surface area (Å²) in [5, 5.41) is 0.228. The lowest BCUT2D eigenvalue weighted by atomic mass is 10.0. The van der Waals surface area contributed by atoms with E-state index in [-0.39, 0.29) is 17.5 Å². The molecule has 20 heavy (non-hydrogen) atoms. The maximum absolute atomic E-state index is 13.3. The van der Waals surface area contributed by atoms with E-state index in [0.29, 0.717) is 5.52 Å². The van der Waals surface area contributed by atoms with Gasteiger partial charge in [0, 0.05) is 23.0 Å². The maximum Gasteiger partial charge on any atom is 0.418 e. The number of aromatic amines is 1. The molecule has 1 aromatic heterocycles. The van der Waals surface area contributed by atoms with Gasteiger partial charge in [-0.15, -0.1) is 0 Å². The van der Waals surface area contributed by atoms with Crippen molar-refractivity contribution >= 4 is 10.9 Å². The minimum absolute atomic E-state index is 0.213. The third kappa shape index (κ3) is 2.29. The summed E-state index contributed by atoms with van der Waals surface area (Å²) in [5.41, 5.74) is 1.03. The zero-order valence-corrected chi connectivity index (χ0v) is 10.5. The smallest absolute Gasteiger partial charge is 0.358 e. The summed E-state index contributed by atoms with van der Waals surface area (Å²) in [4.78, 5) is 2.90. The second kappa shape index (κ2) is 4.71. The molecule has 0 fully saturated rings. The average Bonchev–Trinajstić information content (AvgIpc) is 2.77. The molecule has 1 N–H and O–H groups in total. The number of alkyl halides is 3. The minimum Gasteiger partial charge on any atom is -0.358 e. The Morgan fingerprint density at radius 2 is 1.50 bits per heavy atom. The molecule has 0 radical (unpaired) electrons. The second-order valence-corrected chi connectivity index (χ2v) is 4.68. The topological polar surface area (TPSA) is 15.8 Å². The Morgan fingerprint density at radius 1 is 0.850 bits per heavy atom. The largest absolute Gasteiger partial charge is 0.418 e. The number of fused-ring (bicyclic) bond motifs is 1. The highest BCUT2D eigenvalue weighted by Crippen LogP contribution is 2.38. The van der Waals surface area contributed by atoms with E-state index >= 15 is 0 Å². The molecule has 0 bridgehead atoms. The number of rotatable bonds is 2. The van der Waals surface area contributed by atoms with Gasteiger partial charge in [-0.2, -0.15) is 13.2 Å². The third-order valence-electron chi connectivity index (χ3n) is 3.29. The van der Waals surface area contributed by atoms with Crippen molar-refractivity contribution < 1.29 is 13.2 Å². The first kappa shape index (κ1) is 12.8. The van der Waals surface area contributed by atoms with Crippen molar-refractivity contribution in [2.45, 2.75) is 12.6 Å². The van der Waals surface area contributed by atoms with Crippen molar-refractivity contribution in [1.82, 2.24) is 4.98 Å². The second-order valence-electron chi connectivity index (χ2n) is 4.68. The highest BCUT2D eigenvalue weighted by molar-refractivity contribution is 5.85. The Morgan fingerprint density at radius 3 is 2.20 bits per heavy atom. The first-order chi connectivity index (χ1) is 9.55. The normalized spacial score (nSPS) is 11.9. The van der Waals surface area contributed by atoms with E-state index < -0.39 is 11.7 Å². The van der Waals surface area contributed by atoms with Gasteiger partial charge < -0.3 is 4.98 Å². The minimum atomic E-state index is -4.36. The van der Waals surface area contributed by atoms with E-state index in [0.717, 1.165) is 5.56 Å². The van der Waals surface area contributed by atoms with Crippen LogP contribution in [-0.2, 0) is 12.6 Å². The van der Waals surface area contributed by atoms with E-state index in [9.17, 15) is 13.2 Å². The summed E-state index contributed by atoms with van der Waals surface area (Å²) in [5.74, 6) is 0. The number of para-hydroxylation sites is 1. The molecule has 0 aliphatic carbocycles. The van der Waals surface area contributed by atoms with Crippen molar-refractivity contribution in [3.8, 4) is 0 Å². The molecule has 102 valence electrons. The zero-order valence-electron chi connectivity index (χ0n) is 10.5. The molecule has 0 spiro atoms. The number of benzene rings is 2. The highest BCUT2D eigenvalue weighted by atomic mass is 19.4. The van der Waals surface area contributed by atoms with Crippen LogP contribution in [0.3, 0.4) is 0 Å². The Kier molecular flexibility index (Phi) is 3.01. The number of H-pyrrole nitrogens is 1. The van der Waals surface area contributed by atoms with Crippen molar-refractivity contribution in [2.75, 3.05) is 0 Å². The maximum atomic E-state index is 13.3. The predicted molar refractivity (Wildman–Crippen MR) is 72.5 cm³/mol. The molecular formula is C16H12F3N. The first-order valence-corrected chi connectivity index (χ1v) is 6.26. The molecule has 4 heteroatoms. The summed E-state index contributed by atoms with van der Waals surface area (Å²) >= 11 is 0. The molecule has 0 aliphatic rings. The van der Waals surface area contributed by atoms with Crippen LogP contribution in [0.5, 0.6) is 0 Å². The number of halogens is 3. The SMILES string of the molecule is FC(F)(F)c1c(Cc2ccccc2)[nH]c2ccccc12. The van der Waals surface area contributed by atoms with Gasteiger partial charge in [-0.3, -0.25) is 0 Å². The molecule has 1 nitrogen and oxygen atoms in total. The van der Waals surface area contributed by atoms with E-state index in [1.165, 1.54) is 6.07 Å². The Balaban J connectivity index is 2.15. The molecule has 1 heterocycles. The van der Waals surface area contributed by atoms with E-state index in [2.05, 4.69) is 4.98 Å². The van der Waals surface area contributed by atoms with E-state index in [1.54, 1.807) is 18.2 Å². The van der Waals surface area contributed by atoms with Gasteiger partial charge in [0.15, 0.2) is 0 Å². The lowest BCUT2D eigenvalue weighted by Crippen LogP contribution is -2.08. The van der Waals surface area contributed by atoms with Gasteiger partial charge in [-0.1, -0.05) is 48.5 Å². The van der Waals surface area contributed by atoms with Crippen LogP contribution in [0.4, 0.5) is 13.2 Å². The molecule has 0 atom stereocenters. The van der Waals surface area contributed by atoms with Crippen LogP contribution in [0.1, 0.15) is 16.8 Å². The fourth-order valence-corrected chi connectivity index (χ4v) is 2.45. The quantitative estimate of drug-likeness (QED) is 0.693. The summed E-state index contributed by atoms with van der Waals surface area (Å²) in [6, 6.07) is 15.7. The lowest BCUT2D eigenvalue weighted by molar-refractivity contribution is -0.136. The number of hydrogen-bond donors (Lipinski definition) is 1. The predicted octanol–water partition coefficient (Wildman–Crippen LogP) is 4.78. The molecule has 3 rings (SSSR count). The van der Waals surface area contributed by atoms with Crippen LogP contribution in [0.15, 0.2) is 54.6 Å². The third-order valence-corrected chi connectivity index (χ3v) is 3.29. The van der Waals surface area contributed by atoms with Crippen LogP contribution >= 0.6 is 0 Å². The van der Waals surface area contributed by atoms with Gasteiger partial charge in [-0.05, 0) is 11.6 Å². The Bertz CT molecular complexity index is 726. The van der Waals surface area contributed by atoms with E-state index in [4.69, 9.17) is 0 Å². The van der Waals surface area contributed by atoms with E-state index in [1.807, 2.05) is 30.3 Å². The van der Waals surface area contributed by atoms with Gasteiger partial charge >= 0.3 is 6.18 Å². The van der Waals surface area contributed by atoms with Crippen LogP contribution in [0.25, 0.3) is 10.9 Å². The van der Waals surface area contributed by atoms with Crippen LogP contribution in [-0.4, -0.2) is 4.98 Å². The summed E-state index contributed by atoms with van der Waals surface area (Å²) < 4.78 is 39.9. The van der Waals surface area contributed by atoms with Crippen LogP contribution in [0, 0.1) is 0 Å². The number of nitrogens with one attached hydrogen (secondary N) is 1. The highest BCUT2D eigenvalue weighted by Gasteiger charge is 2.36. The molecule has 2 aromatic carbocycles. The first-order valence-electron chi connectivity index (χ1n) is 6.26. The van der Waals surface area contributed by atoms with Gasteiger partial charge in [0.25, 0.3) is 0 Å². The molecule has 0 unspecified atom stereocenters. The Labute approximate surface area is 114 Å². The van der Waals surface area contributed by atoms with Gasteiger partial charge in [0.1, 0.15) is 0 Å². The van der Waals surface area contributed by atoms with Crippen molar-refractivity contribution in [2.24, 2.45) is 0 Å². The molecule has 0 amide bonds. The van der Waals surface area contributed by atoms with Gasteiger partial charge in [-0.25, -0.2) is 0 Å². The average molecular weight is 275 g/mol. The molecular weight excluding hydrogens is 263 g/mol.